The highest BCUT2D eigenvalue weighted by Gasteiger charge is 2.64. The van der Waals surface area contributed by atoms with E-state index in [2.05, 4.69) is 20.8 Å². The van der Waals surface area contributed by atoms with Gasteiger partial charge < -0.3 is 5.11 Å². The fraction of sp³-hybridized carbons (Fsp3) is 0.862. The van der Waals surface area contributed by atoms with Gasteiger partial charge in [0.2, 0.25) is 0 Å². The predicted molar refractivity (Wildman–Crippen MR) is 137 cm³/mol. The number of carbonyl (C=O) groups is 2. The Morgan fingerprint density at radius 2 is 1.73 bits per heavy atom. The Balaban J connectivity index is 1.45. The first-order valence-corrected chi connectivity index (χ1v) is 14.7. The number of carbonyl (C=O) groups excluding carboxylic acids is 2. The lowest BCUT2D eigenvalue weighted by Crippen LogP contribution is -2.56. The monoisotopic (exact) mass is 474 g/mol. The van der Waals surface area contributed by atoms with Crippen LogP contribution >= 0.6 is 11.8 Å². The summed E-state index contributed by atoms with van der Waals surface area (Å²) >= 11 is 1.46. The Labute approximate surface area is 205 Å². The van der Waals surface area contributed by atoms with E-state index in [1.54, 1.807) is 6.92 Å². The summed E-state index contributed by atoms with van der Waals surface area (Å²) in [6, 6.07) is 0. The second kappa shape index (κ2) is 9.80. The number of rotatable bonds is 8. The van der Waals surface area contributed by atoms with E-state index in [0.717, 1.165) is 44.3 Å². The normalized spacial score (nSPS) is 42.3. The average molecular weight is 475 g/mol. The van der Waals surface area contributed by atoms with E-state index in [1.165, 1.54) is 62.3 Å². The van der Waals surface area contributed by atoms with E-state index in [4.69, 9.17) is 0 Å². The highest BCUT2D eigenvalue weighted by Crippen LogP contribution is 2.69. The first-order valence-electron chi connectivity index (χ1n) is 13.7. The predicted octanol–water partition coefficient (Wildman–Crippen LogP) is 7.12. The molecule has 186 valence electrons. The lowest BCUT2D eigenvalue weighted by molar-refractivity contribution is -0.135. The fourth-order valence-electron chi connectivity index (χ4n) is 8.50. The van der Waals surface area contributed by atoms with Crippen molar-refractivity contribution in [3.8, 4) is 0 Å². The third-order valence-electron chi connectivity index (χ3n) is 10.7. The van der Waals surface area contributed by atoms with Crippen LogP contribution in [0, 0.1) is 34.5 Å². The topological polar surface area (TPSA) is 54.4 Å². The Bertz CT molecular complexity index is 786. The van der Waals surface area contributed by atoms with Gasteiger partial charge in [-0.2, -0.15) is 0 Å². The highest BCUT2D eigenvalue weighted by molar-refractivity contribution is 8.13. The van der Waals surface area contributed by atoms with Gasteiger partial charge in [0.15, 0.2) is 10.9 Å². The van der Waals surface area contributed by atoms with Crippen molar-refractivity contribution in [1.82, 2.24) is 0 Å². The van der Waals surface area contributed by atoms with Crippen LogP contribution in [0.5, 0.6) is 0 Å². The lowest BCUT2D eigenvalue weighted by Gasteiger charge is -2.61. The summed E-state index contributed by atoms with van der Waals surface area (Å²) in [5, 5.41) is 11.6. The van der Waals surface area contributed by atoms with Crippen molar-refractivity contribution in [3.05, 3.63) is 11.6 Å². The molecule has 0 amide bonds. The molecule has 2 unspecified atom stereocenters. The Morgan fingerprint density at radius 1 is 1.03 bits per heavy atom. The maximum Gasteiger partial charge on any atom is 0.185 e. The van der Waals surface area contributed by atoms with Gasteiger partial charge in [-0.1, -0.05) is 56.9 Å². The number of ketones is 1. The molecule has 0 spiro atoms. The van der Waals surface area contributed by atoms with Gasteiger partial charge in [-0.05, 0) is 98.9 Å². The standard InChI is InChI=1S/C29H46O3S/c1-20(30)33-17-9-7-5-6-8-10-21-18-22-19-23(31)11-14-27(22,2)24-12-15-28(3)25(26(21)24)13-16-29(28,4)32/h19,21,24-26,32H,5-18H2,1-4H3/t21?,24-,25+,26-,27+,28+,29?/m1/s1. The number of unbranched alkanes of at least 4 members (excludes halogenated alkanes) is 4. The van der Waals surface area contributed by atoms with Gasteiger partial charge in [0.25, 0.3) is 0 Å². The van der Waals surface area contributed by atoms with Gasteiger partial charge in [0.05, 0.1) is 5.60 Å². The summed E-state index contributed by atoms with van der Waals surface area (Å²) in [7, 11) is 0. The third-order valence-corrected chi connectivity index (χ3v) is 11.6. The minimum absolute atomic E-state index is 0.0445. The molecule has 0 bridgehead atoms. The van der Waals surface area contributed by atoms with Gasteiger partial charge in [-0.15, -0.1) is 0 Å². The molecule has 4 rings (SSSR count). The Kier molecular flexibility index (Phi) is 7.57. The Morgan fingerprint density at radius 3 is 2.48 bits per heavy atom. The zero-order chi connectivity index (χ0) is 23.9. The molecular weight excluding hydrogens is 428 g/mol. The molecule has 0 aliphatic heterocycles. The molecule has 0 aromatic rings. The Hall–Kier alpha value is -0.610. The quantitative estimate of drug-likeness (QED) is 0.381. The van der Waals surface area contributed by atoms with Gasteiger partial charge >= 0.3 is 0 Å². The molecular formula is C29H46O3S. The summed E-state index contributed by atoms with van der Waals surface area (Å²) in [5.74, 6) is 3.95. The van der Waals surface area contributed by atoms with Crippen molar-refractivity contribution in [1.29, 1.82) is 0 Å². The molecule has 4 aliphatic carbocycles. The van der Waals surface area contributed by atoms with Crippen LogP contribution in [0.25, 0.3) is 0 Å². The first kappa shape index (κ1) is 25.5. The molecule has 0 saturated heterocycles. The van der Waals surface area contributed by atoms with E-state index in [0.29, 0.717) is 29.5 Å². The second-order valence-corrected chi connectivity index (χ2v) is 13.7. The zero-order valence-corrected chi connectivity index (χ0v) is 22.3. The SMILES string of the molecule is CC(=O)SCCCCCCCC1CC2=CC(=O)CC[C@]2(C)[C@@H]2CC[C@@]3(C)[C@@H](CCC3(C)O)[C@H]12. The molecule has 1 N–H and O–H groups in total. The molecule has 33 heavy (non-hydrogen) atoms. The summed E-state index contributed by atoms with van der Waals surface area (Å²) < 4.78 is 0. The van der Waals surface area contributed by atoms with Crippen LogP contribution in [-0.4, -0.2) is 27.4 Å². The molecule has 7 atom stereocenters. The average Bonchev–Trinajstić information content (AvgIpc) is 2.99. The molecule has 0 heterocycles. The zero-order valence-electron chi connectivity index (χ0n) is 21.5. The minimum atomic E-state index is -0.537. The van der Waals surface area contributed by atoms with Crippen LogP contribution in [0.2, 0.25) is 0 Å². The summed E-state index contributed by atoms with van der Waals surface area (Å²) in [5.41, 5.74) is 1.16. The molecule has 3 fully saturated rings. The lowest BCUT2D eigenvalue weighted by atomic mass is 9.44. The van der Waals surface area contributed by atoms with Crippen LogP contribution in [0.4, 0.5) is 0 Å². The summed E-state index contributed by atoms with van der Waals surface area (Å²) in [6.45, 7) is 8.60. The maximum atomic E-state index is 12.3. The highest BCUT2D eigenvalue weighted by atomic mass is 32.2. The van der Waals surface area contributed by atoms with Crippen LogP contribution in [0.1, 0.15) is 111 Å². The molecule has 0 aromatic heterocycles. The van der Waals surface area contributed by atoms with Crippen molar-refractivity contribution < 1.29 is 14.7 Å². The maximum absolute atomic E-state index is 12.3. The van der Waals surface area contributed by atoms with Gasteiger partial charge in [-0.25, -0.2) is 0 Å². The van der Waals surface area contributed by atoms with E-state index in [9.17, 15) is 14.7 Å². The number of hydrogen-bond acceptors (Lipinski definition) is 4. The van der Waals surface area contributed by atoms with Gasteiger partial charge in [0.1, 0.15) is 0 Å². The molecule has 4 heteroatoms. The number of fused-ring (bicyclic) bond motifs is 5. The number of allylic oxidation sites excluding steroid dienone is 1. The summed E-state index contributed by atoms with van der Waals surface area (Å²) in [4.78, 5) is 23.4. The smallest absolute Gasteiger partial charge is 0.185 e. The van der Waals surface area contributed by atoms with Gasteiger partial charge in [0, 0.05) is 19.1 Å². The molecule has 0 aromatic carbocycles. The third kappa shape index (κ3) is 4.77. The van der Waals surface area contributed by atoms with Crippen molar-refractivity contribution in [2.24, 2.45) is 34.5 Å². The first-order chi connectivity index (χ1) is 15.6. The van der Waals surface area contributed by atoms with E-state index >= 15 is 0 Å². The van der Waals surface area contributed by atoms with Crippen LogP contribution in [0.15, 0.2) is 11.6 Å². The number of thioether (sulfide) groups is 1. The fourth-order valence-corrected chi connectivity index (χ4v) is 9.13. The van der Waals surface area contributed by atoms with E-state index < -0.39 is 5.60 Å². The van der Waals surface area contributed by atoms with Crippen molar-refractivity contribution in [2.45, 2.75) is 117 Å². The molecule has 0 radical (unpaired) electrons. The number of hydrogen-bond donors (Lipinski definition) is 1. The largest absolute Gasteiger partial charge is 0.390 e. The van der Waals surface area contributed by atoms with Crippen molar-refractivity contribution in [3.63, 3.8) is 0 Å². The molecule has 4 aliphatic rings. The van der Waals surface area contributed by atoms with Crippen LogP contribution in [-0.2, 0) is 9.59 Å². The van der Waals surface area contributed by atoms with Crippen LogP contribution in [0.3, 0.4) is 0 Å². The number of aliphatic hydroxyl groups is 1. The molecule has 3 saturated carbocycles. The second-order valence-electron chi connectivity index (χ2n) is 12.5. The van der Waals surface area contributed by atoms with Crippen molar-refractivity contribution in [2.75, 3.05) is 5.75 Å². The van der Waals surface area contributed by atoms with Crippen LogP contribution < -0.4 is 0 Å². The van der Waals surface area contributed by atoms with Gasteiger partial charge in [-0.3, -0.25) is 9.59 Å². The van der Waals surface area contributed by atoms with Crippen molar-refractivity contribution >= 4 is 22.7 Å². The molecule has 3 nitrogen and oxygen atoms in total. The summed E-state index contributed by atoms with van der Waals surface area (Å²) in [6.07, 6.45) is 16.8. The minimum Gasteiger partial charge on any atom is -0.390 e. The van der Waals surface area contributed by atoms with E-state index in [1.807, 2.05) is 6.08 Å². The van der Waals surface area contributed by atoms with E-state index in [-0.39, 0.29) is 15.9 Å².